The zero-order chi connectivity index (χ0) is 19.3. The van der Waals surface area contributed by atoms with Crippen molar-refractivity contribution in [1.29, 1.82) is 0 Å². The summed E-state index contributed by atoms with van der Waals surface area (Å²) >= 11 is 0. The Kier molecular flexibility index (Phi) is 9.70. The van der Waals surface area contributed by atoms with Gasteiger partial charge in [-0.3, -0.25) is 0 Å². The second-order valence-electron chi connectivity index (χ2n) is 6.65. The van der Waals surface area contributed by atoms with Crippen molar-refractivity contribution in [3.05, 3.63) is 59.4 Å². The van der Waals surface area contributed by atoms with E-state index < -0.39 is 0 Å². The highest BCUT2D eigenvalue weighted by Crippen LogP contribution is 2.32. The number of halogens is 1. The molecule has 0 aliphatic heterocycles. The Balaban J connectivity index is 1.97. The highest BCUT2D eigenvalue weighted by atomic mass is 19.1. The molecule has 0 saturated heterocycles. The van der Waals surface area contributed by atoms with E-state index in [0.29, 0.717) is 30.2 Å². The van der Waals surface area contributed by atoms with Crippen LogP contribution in [0.15, 0.2) is 42.5 Å². The molecular weight excluding hydrogens is 341 g/mol. The van der Waals surface area contributed by atoms with Crippen LogP contribution in [-0.2, 0) is 13.2 Å². The van der Waals surface area contributed by atoms with Crippen LogP contribution in [-0.4, -0.2) is 13.2 Å². The van der Waals surface area contributed by atoms with Gasteiger partial charge in [-0.25, -0.2) is 4.39 Å². The van der Waals surface area contributed by atoms with Crippen LogP contribution in [0.1, 0.15) is 57.1 Å². The maximum absolute atomic E-state index is 13.9. The predicted molar refractivity (Wildman–Crippen MR) is 109 cm³/mol. The van der Waals surface area contributed by atoms with Gasteiger partial charge >= 0.3 is 0 Å². The fourth-order valence-electron chi connectivity index (χ4n) is 2.98. The Labute approximate surface area is 162 Å². The van der Waals surface area contributed by atoms with E-state index in [1.807, 2.05) is 31.2 Å². The van der Waals surface area contributed by atoms with Crippen molar-refractivity contribution in [1.82, 2.24) is 5.32 Å². The van der Waals surface area contributed by atoms with Gasteiger partial charge in [-0.2, -0.15) is 0 Å². The van der Waals surface area contributed by atoms with Gasteiger partial charge in [0.25, 0.3) is 0 Å². The van der Waals surface area contributed by atoms with Gasteiger partial charge in [-0.05, 0) is 32.0 Å². The smallest absolute Gasteiger partial charge is 0.166 e. The van der Waals surface area contributed by atoms with Crippen LogP contribution in [0.3, 0.4) is 0 Å². The summed E-state index contributed by atoms with van der Waals surface area (Å²) in [6.07, 6.45) is 6.31. The summed E-state index contributed by atoms with van der Waals surface area (Å²) in [5.74, 6) is 1.15. The molecule has 4 heteroatoms. The van der Waals surface area contributed by atoms with E-state index in [2.05, 4.69) is 12.2 Å². The Morgan fingerprint density at radius 1 is 0.852 bits per heavy atom. The molecule has 0 spiro atoms. The first-order valence-corrected chi connectivity index (χ1v) is 10.1. The molecule has 0 amide bonds. The molecular formula is C23H32FNO2. The number of nitrogens with one attached hydrogen (secondary N) is 1. The third-order valence-corrected chi connectivity index (χ3v) is 4.46. The monoisotopic (exact) mass is 373 g/mol. The van der Waals surface area contributed by atoms with Crippen LogP contribution in [0.2, 0.25) is 0 Å². The first-order valence-electron chi connectivity index (χ1n) is 10.1. The van der Waals surface area contributed by atoms with E-state index >= 15 is 0 Å². The Morgan fingerprint density at radius 3 is 2.41 bits per heavy atom. The number of rotatable bonds is 13. The lowest BCUT2D eigenvalue weighted by molar-refractivity contribution is 0.262. The van der Waals surface area contributed by atoms with Gasteiger partial charge in [0.2, 0.25) is 0 Å². The van der Waals surface area contributed by atoms with E-state index in [0.717, 1.165) is 12.1 Å². The largest absolute Gasteiger partial charge is 0.490 e. The average molecular weight is 374 g/mol. The number of unbranched alkanes of at least 4 members (excludes halogenated alkanes) is 4. The predicted octanol–water partition coefficient (Wildman–Crippen LogP) is 5.86. The van der Waals surface area contributed by atoms with Crippen LogP contribution in [0, 0.1) is 5.82 Å². The summed E-state index contributed by atoms with van der Waals surface area (Å²) in [6.45, 7) is 6.61. The zero-order valence-corrected chi connectivity index (χ0v) is 16.6. The SMILES string of the molecule is CCCCCCCNCc1cccc(OCC)c1OCc1ccccc1F. The Hall–Kier alpha value is -2.07. The molecule has 3 nitrogen and oxygen atoms in total. The highest BCUT2D eigenvalue weighted by molar-refractivity contribution is 5.46. The first kappa shape index (κ1) is 21.2. The van der Waals surface area contributed by atoms with Crippen LogP contribution >= 0.6 is 0 Å². The molecule has 0 aliphatic carbocycles. The van der Waals surface area contributed by atoms with Gasteiger partial charge in [0.15, 0.2) is 11.5 Å². The number of ether oxygens (including phenoxy) is 2. The molecule has 0 heterocycles. The van der Waals surface area contributed by atoms with Crippen molar-refractivity contribution in [3.63, 3.8) is 0 Å². The fraction of sp³-hybridized carbons (Fsp3) is 0.478. The van der Waals surface area contributed by atoms with Crippen LogP contribution in [0.25, 0.3) is 0 Å². The average Bonchev–Trinajstić information content (AvgIpc) is 2.68. The molecule has 2 aromatic carbocycles. The number of para-hydroxylation sites is 1. The molecule has 0 radical (unpaired) electrons. The molecule has 0 atom stereocenters. The maximum Gasteiger partial charge on any atom is 0.166 e. The molecule has 0 unspecified atom stereocenters. The molecule has 0 saturated carbocycles. The van der Waals surface area contributed by atoms with Gasteiger partial charge in [-0.1, -0.05) is 62.9 Å². The summed E-state index contributed by atoms with van der Waals surface area (Å²) in [6, 6.07) is 12.6. The number of hydrogen-bond donors (Lipinski definition) is 1. The lowest BCUT2D eigenvalue weighted by atomic mass is 10.1. The Bertz CT molecular complexity index is 675. The molecule has 1 N–H and O–H groups in total. The van der Waals surface area contributed by atoms with E-state index in [1.54, 1.807) is 12.1 Å². The fourth-order valence-corrected chi connectivity index (χ4v) is 2.98. The second kappa shape index (κ2) is 12.3. The molecule has 0 bridgehead atoms. The lowest BCUT2D eigenvalue weighted by Gasteiger charge is -2.17. The summed E-state index contributed by atoms with van der Waals surface area (Å²) < 4.78 is 25.6. The Morgan fingerprint density at radius 2 is 1.63 bits per heavy atom. The van der Waals surface area contributed by atoms with Gasteiger partial charge in [-0.15, -0.1) is 0 Å². The molecule has 2 rings (SSSR count). The quantitative estimate of drug-likeness (QED) is 0.446. The molecule has 0 aromatic heterocycles. The number of benzene rings is 2. The van der Waals surface area contributed by atoms with Crippen molar-refractivity contribution in [3.8, 4) is 11.5 Å². The van der Waals surface area contributed by atoms with Gasteiger partial charge in [0.1, 0.15) is 12.4 Å². The van der Waals surface area contributed by atoms with Crippen LogP contribution in [0.4, 0.5) is 4.39 Å². The van der Waals surface area contributed by atoms with Crippen LogP contribution in [0.5, 0.6) is 11.5 Å². The van der Waals surface area contributed by atoms with E-state index in [1.165, 1.54) is 38.2 Å². The summed E-state index contributed by atoms with van der Waals surface area (Å²) in [4.78, 5) is 0. The van der Waals surface area contributed by atoms with Gasteiger partial charge in [0.05, 0.1) is 6.61 Å². The van der Waals surface area contributed by atoms with E-state index in [-0.39, 0.29) is 12.4 Å². The summed E-state index contributed by atoms with van der Waals surface area (Å²) in [7, 11) is 0. The van der Waals surface area contributed by atoms with E-state index in [4.69, 9.17) is 9.47 Å². The van der Waals surface area contributed by atoms with Crippen molar-refractivity contribution >= 4 is 0 Å². The standard InChI is InChI=1S/C23H32FNO2/c1-3-5-6-7-10-16-25-17-19-13-11-15-22(26-4-2)23(19)27-18-20-12-8-9-14-21(20)24/h8-9,11-15,25H,3-7,10,16-18H2,1-2H3. The third kappa shape index (κ3) is 7.22. The molecule has 0 aliphatic rings. The molecule has 0 fully saturated rings. The van der Waals surface area contributed by atoms with E-state index in [9.17, 15) is 4.39 Å². The molecule has 2 aromatic rings. The highest BCUT2D eigenvalue weighted by Gasteiger charge is 2.12. The minimum atomic E-state index is -0.252. The zero-order valence-electron chi connectivity index (χ0n) is 16.6. The van der Waals surface area contributed by atoms with Crippen molar-refractivity contribution < 1.29 is 13.9 Å². The first-order chi connectivity index (χ1) is 13.3. The third-order valence-electron chi connectivity index (χ3n) is 4.46. The van der Waals surface area contributed by atoms with Crippen molar-refractivity contribution in [2.45, 2.75) is 59.1 Å². The van der Waals surface area contributed by atoms with Crippen molar-refractivity contribution in [2.75, 3.05) is 13.2 Å². The van der Waals surface area contributed by atoms with Gasteiger partial charge in [0, 0.05) is 17.7 Å². The second-order valence-corrected chi connectivity index (χ2v) is 6.65. The van der Waals surface area contributed by atoms with Crippen LogP contribution < -0.4 is 14.8 Å². The van der Waals surface area contributed by atoms with Gasteiger partial charge < -0.3 is 14.8 Å². The van der Waals surface area contributed by atoms with Crippen molar-refractivity contribution in [2.24, 2.45) is 0 Å². The molecule has 148 valence electrons. The number of hydrogen-bond acceptors (Lipinski definition) is 3. The summed E-state index contributed by atoms with van der Waals surface area (Å²) in [5, 5.41) is 3.49. The minimum absolute atomic E-state index is 0.181. The minimum Gasteiger partial charge on any atom is -0.490 e. The normalized spacial score (nSPS) is 10.8. The maximum atomic E-state index is 13.9. The topological polar surface area (TPSA) is 30.5 Å². The summed E-state index contributed by atoms with van der Waals surface area (Å²) in [5.41, 5.74) is 1.57. The molecule has 27 heavy (non-hydrogen) atoms. The lowest BCUT2D eigenvalue weighted by Crippen LogP contribution is -2.16.